The highest BCUT2D eigenvalue weighted by Gasteiger charge is 2.06. The zero-order chi connectivity index (χ0) is 17.6. The van der Waals surface area contributed by atoms with Gasteiger partial charge in [-0.05, 0) is 30.0 Å². The summed E-state index contributed by atoms with van der Waals surface area (Å²) in [5.41, 5.74) is 0.995. The summed E-state index contributed by atoms with van der Waals surface area (Å²) in [6, 6.07) is 6.50. The van der Waals surface area contributed by atoms with Crippen molar-refractivity contribution in [3.8, 4) is 0 Å². The first-order valence-electron chi connectivity index (χ1n) is 7.64. The van der Waals surface area contributed by atoms with E-state index in [2.05, 4.69) is 39.7 Å². The largest absolute Gasteiger partial charge is 0.368 e. The highest BCUT2D eigenvalue weighted by Crippen LogP contribution is 2.10. The Bertz CT molecular complexity index is 762. The van der Waals surface area contributed by atoms with Gasteiger partial charge in [0.2, 0.25) is 16.0 Å². The third kappa shape index (κ3) is 5.74. The Morgan fingerprint density at radius 1 is 1.17 bits per heavy atom. The van der Waals surface area contributed by atoms with E-state index < -0.39 is 10.0 Å². The van der Waals surface area contributed by atoms with E-state index in [1.54, 1.807) is 18.3 Å². The first-order chi connectivity index (χ1) is 11.3. The normalized spacial score (nSPS) is 11.5. The van der Waals surface area contributed by atoms with Crippen molar-refractivity contribution in [2.75, 3.05) is 23.7 Å². The third-order valence-corrected chi connectivity index (χ3v) is 4.13. The number of nitrogens with zero attached hydrogens (tertiary/aromatic N) is 3. The predicted molar refractivity (Wildman–Crippen MR) is 93.2 cm³/mol. The molecule has 0 aliphatic heterocycles. The number of nitrogens with one attached hydrogen (secondary N) is 2. The minimum absolute atomic E-state index is 0.111. The van der Waals surface area contributed by atoms with Gasteiger partial charge in [-0.25, -0.2) is 13.6 Å². The summed E-state index contributed by atoms with van der Waals surface area (Å²) in [5, 5.41) is 19.2. The Labute approximate surface area is 142 Å². The molecule has 0 radical (unpaired) electrons. The molecule has 0 unspecified atom stereocenters. The zero-order valence-electron chi connectivity index (χ0n) is 13.7. The summed E-state index contributed by atoms with van der Waals surface area (Å²) >= 11 is 0. The van der Waals surface area contributed by atoms with Crippen molar-refractivity contribution < 1.29 is 8.42 Å². The molecule has 0 amide bonds. The molecule has 4 N–H and O–H groups in total. The highest BCUT2D eigenvalue weighted by atomic mass is 32.2. The van der Waals surface area contributed by atoms with Crippen molar-refractivity contribution in [1.29, 1.82) is 0 Å². The molecule has 130 valence electrons. The number of hydrogen-bond acceptors (Lipinski definition) is 7. The predicted octanol–water partition coefficient (Wildman–Crippen LogP) is 1.24. The minimum atomic E-state index is -3.65. The molecule has 0 spiro atoms. The van der Waals surface area contributed by atoms with Gasteiger partial charge in [0.05, 0.1) is 11.1 Å². The van der Waals surface area contributed by atoms with Crippen LogP contribution < -0.4 is 15.8 Å². The molecule has 1 heterocycles. The molecule has 0 bridgehead atoms. The Hall–Kier alpha value is -2.26. The van der Waals surface area contributed by atoms with E-state index in [4.69, 9.17) is 5.14 Å². The van der Waals surface area contributed by atoms with Crippen LogP contribution in [0.3, 0.4) is 0 Å². The molecule has 0 saturated carbocycles. The summed E-state index contributed by atoms with van der Waals surface area (Å²) in [4.78, 5) is 4.44. The quantitative estimate of drug-likeness (QED) is 0.654. The molecule has 2 rings (SSSR count). The summed E-state index contributed by atoms with van der Waals surface area (Å²) in [7, 11) is -3.65. The summed E-state index contributed by atoms with van der Waals surface area (Å²) in [6.07, 6.45) is 2.27. The Morgan fingerprint density at radius 3 is 2.50 bits per heavy atom. The average molecular weight is 350 g/mol. The fourth-order valence-corrected chi connectivity index (χ4v) is 2.46. The van der Waals surface area contributed by atoms with Crippen LogP contribution in [0.2, 0.25) is 0 Å². The fraction of sp³-hybridized carbons (Fsp3) is 0.400. The SMILES string of the molecule is CC(C)CNc1nncc(NCCc2ccc(S(N)(=O)=O)cc2)n1. The molecule has 0 fully saturated rings. The summed E-state index contributed by atoms with van der Waals surface area (Å²) in [6.45, 7) is 5.62. The molecule has 8 nitrogen and oxygen atoms in total. The number of sulfonamides is 1. The highest BCUT2D eigenvalue weighted by molar-refractivity contribution is 7.89. The van der Waals surface area contributed by atoms with Crippen molar-refractivity contribution in [3.05, 3.63) is 36.0 Å². The van der Waals surface area contributed by atoms with Gasteiger partial charge < -0.3 is 10.6 Å². The van der Waals surface area contributed by atoms with Crippen LogP contribution >= 0.6 is 0 Å². The zero-order valence-corrected chi connectivity index (χ0v) is 14.5. The van der Waals surface area contributed by atoms with Gasteiger partial charge in [-0.15, -0.1) is 5.10 Å². The lowest BCUT2D eigenvalue weighted by atomic mass is 10.1. The minimum Gasteiger partial charge on any atom is -0.368 e. The smallest absolute Gasteiger partial charge is 0.244 e. The molecule has 0 saturated heterocycles. The Morgan fingerprint density at radius 2 is 1.88 bits per heavy atom. The summed E-state index contributed by atoms with van der Waals surface area (Å²) in [5.74, 6) is 1.62. The van der Waals surface area contributed by atoms with E-state index in [0.29, 0.717) is 30.6 Å². The van der Waals surface area contributed by atoms with Crippen LogP contribution in [-0.4, -0.2) is 36.7 Å². The number of nitrogens with two attached hydrogens (primary N) is 1. The maximum Gasteiger partial charge on any atom is 0.244 e. The van der Waals surface area contributed by atoms with Gasteiger partial charge in [0, 0.05) is 13.1 Å². The topological polar surface area (TPSA) is 123 Å². The van der Waals surface area contributed by atoms with Crippen molar-refractivity contribution in [2.45, 2.75) is 25.2 Å². The fourth-order valence-electron chi connectivity index (χ4n) is 1.94. The molecule has 1 aromatic heterocycles. The molecule has 9 heteroatoms. The third-order valence-electron chi connectivity index (χ3n) is 3.20. The standard InChI is InChI=1S/C15H22N6O2S/c1-11(2)9-18-15-20-14(10-19-21-15)17-8-7-12-3-5-13(6-4-12)24(16,22)23/h3-6,10-11H,7-9H2,1-2H3,(H2,16,22,23)(H2,17,18,20,21). The van der Waals surface area contributed by atoms with E-state index in [0.717, 1.165) is 12.1 Å². The lowest BCUT2D eigenvalue weighted by Crippen LogP contribution is -2.13. The Kier molecular flexibility index (Phi) is 6.04. The number of aromatic nitrogens is 3. The van der Waals surface area contributed by atoms with Crippen LogP contribution in [0.4, 0.5) is 11.8 Å². The maximum atomic E-state index is 11.2. The van der Waals surface area contributed by atoms with Gasteiger partial charge in [-0.1, -0.05) is 26.0 Å². The van der Waals surface area contributed by atoms with Crippen LogP contribution in [0.15, 0.2) is 35.4 Å². The van der Waals surface area contributed by atoms with E-state index in [1.165, 1.54) is 12.1 Å². The molecule has 1 aromatic carbocycles. The van der Waals surface area contributed by atoms with E-state index in [9.17, 15) is 8.42 Å². The molecule has 24 heavy (non-hydrogen) atoms. The molecule has 0 aliphatic rings. The van der Waals surface area contributed by atoms with E-state index in [-0.39, 0.29) is 4.90 Å². The van der Waals surface area contributed by atoms with Crippen LogP contribution in [0.5, 0.6) is 0 Å². The lowest BCUT2D eigenvalue weighted by molar-refractivity contribution is 0.598. The summed E-state index contributed by atoms with van der Waals surface area (Å²) < 4.78 is 22.4. The monoisotopic (exact) mass is 350 g/mol. The van der Waals surface area contributed by atoms with Crippen LogP contribution in [0.1, 0.15) is 19.4 Å². The van der Waals surface area contributed by atoms with Gasteiger partial charge in [0.15, 0.2) is 5.82 Å². The number of anilines is 2. The van der Waals surface area contributed by atoms with Gasteiger partial charge in [-0.2, -0.15) is 10.1 Å². The van der Waals surface area contributed by atoms with Crippen molar-refractivity contribution >= 4 is 21.8 Å². The van der Waals surface area contributed by atoms with Gasteiger partial charge in [0.25, 0.3) is 0 Å². The molecular formula is C15H22N6O2S. The number of primary sulfonamides is 1. The van der Waals surface area contributed by atoms with Crippen LogP contribution in [0, 0.1) is 5.92 Å². The second kappa shape index (κ2) is 8.02. The first kappa shape index (κ1) is 18.1. The Balaban J connectivity index is 1.86. The second-order valence-corrected chi connectivity index (χ2v) is 7.37. The van der Waals surface area contributed by atoms with Crippen molar-refractivity contribution in [3.63, 3.8) is 0 Å². The number of hydrogen-bond donors (Lipinski definition) is 3. The van der Waals surface area contributed by atoms with Gasteiger partial charge >= 0.3 is 0 Å². The van der Waals surface area contributed by atoms with Gasteiger partial charge in [0.1, 0.15) is 0 Å². The molecule has 0 atom stereocenters. The molecule has 2 aromatic rings. The second-order valence-electron chi connectivity index (χ2n) is 5.81. The maximum absolute atomic E-state index is 11.2. The molecule has 0 aliphatic carbocycles. The van der Waals surface area contributed by atoms with Crippen LogP contribution in [0.25, 0.3) is 0 Å². The van der Waals surface area contributed by atoms with E-state index in [1.807, 2.05) is 0 Å². The van der Waals surface area contributed by atoms with Crippen LogP contribution in [-0.2, 0) is 16.4 Å². The van der Waals surface area contributed by atoms with Crippen molar-refractivity contribution in [1.82, 2.24) is 15.2 Å². The lowest BCUT2D eigenvalue weighted by Gasteiger charge is -2.09. The number of rotatable bonds is 8. The number of benzene rings is 1. The van der Waals surface area contributed by atoms with E-state index >= 15 is 0 Å². The van der Waals surface area contributed by atoms with Crippen molar-refractivity contribution in [2.24, 2.45) is 11.1 Å². The average Bonchev–Trinajstić information content (AvgIpc) is 2.53. The first-order valence-corrected chi connectivity index (χ1v) is 9.18. The van der Waals surface area contributed by atoms with Gasteiger partial charge in [-0.3, -0.25) is 0 Å². The molecular weight excluding hydrogens is 328 g/mol.